The molecule has 1 atom stereocenters. The zero-order chi connectivity index (χ0) is 20.0. The van der Waals surface area contributed by atoms with Crippen molar-refractivity contribution in [2.24, 2.45) is 0 Å². The summed E-state index contributed by atoms with van der Waals surface area (Å²) in [7, 11) is -3.91. The van der Waals surface area contributed by atoms with Gasteiger partial charge in [-0.2, -0.15) is 5.26 Å². The van der Waals surface area contributed by atoms with E-state index in [1.807, 2.05) is 6.07 Å². The number of nitriles is 1. The normalized spacial score (nSPS) is 12.1. The number of rotatable bonds is 7. The van der Waals surface area contributed by atoms with Gasteiger partial charge in [-0.25, -0.2) is 12.8 Å². The molecule has 0 aromatic heterocycles. The van der Waals surface area contributed by atoms with Crippen LogP contribution >= 0.6 is 0 Å². The predicted octanol–water partition coefficient (Wildman–Crippen LogP) is 3.08. The Morgan fingerprint density at radius 1 is 1.22 bits per heavy atom. The fraction of sp³-hybridized carbons (Fsp3) is 0.263. The van der Waals surface area contributed by atoms with E-state index >= 15 is 0 Å². The Kier molecular flexibility index (Phi) is 6.53. The lowest BCUT2D eigenvalue weighted by Gasteiger charge is -2.30. The summed E-state index contributed by atoms with van der Waals surface area (Å²) in [6, 6.07) is 13.0. The van der Waals surface area contributed by atoms with Crippen LogP contribution in [0.15, 0.2) is 48.5 Å². The number of para-hydroxylation sites is 1. The summed E-state index contributed by atoms with van der Waals surface area (Å²) in [5, 5.41) is 11.3. The molecule has 6 nitrogen and oxygen atoms in total. The first-order valence-electron chi connectivity index (χ1n) is 8.28. The molecule has 0 bridgehead atoms. The predicted molar refractivity (Wildman–Crippen MR) is 102 cm³/mol. The van der Waals surface area contributed by atoms with Crippen molar-refractivity contribution in [3.05, 3.63) is 59.9 Å². The molecule has 8 heteroatoms. The molecule has 0 spiro atoms. The quantitative estimate of drug-likeness (QED) is 0.788. The second-order valence-corrected chi connectivity index (χ2v) is 7.81. The molecule has 0 saturated heterocycles. The van der Waals surface area contributed by atoms with Crippen LogP contribution in [-0.4, -0.2) is 26.6 Å². The summed E-state index contributed by atoms with van der Waals surface area (Å²) >= 11 is 0. The first kappa shape index (κ1) is 20.4. The lowest BCUT2D eigenvalue weighted by Crippen LogP contribution is -2.47. The van der Waals surface area contributed by atoms with Gasteiger partial charge in [0.2, 0.25) is 15.9 Å². The maximum atomic E-state index is 14.2. The number of carbonyl (C=O) groups excluding carboxylic acids is 1. The van der Waals surface area contributed by atoms with Crippen LogP contribution in [0.1, 0.15) is 18.9 Å². The Bertz CT molecular complexity index is 953. The van der Waals surface area contributed by atoms with Gasteiger partial charge in [-0.15, -0.1) is 0 Å². The van der Waals surface area contributed by atoms with E-state index in [9.17, 15) is 17.6 Å². The van der Waals surface area contributed by atoms with E-state index in [0.29, 0.717) is 5.69 Å². The molecule has 0 aliphatic carbocycles. The van der Waals surface area contributed by atoms with Gasteiger partial charge in [0.05, 0.1) is 24.4 Å². The van der Waals surface area contributed by atoms with Crippen LogP contribution < -0.4 is 9.62 Å². The van der Waals surface area contributed by atoms with Gasteiger partial charge in [-0.05, 0) is 36.2 Å². The average Bonchev–Trinajstić information content (AvgIpc) is 2.61. The molecule has 1 amide bonds. The lowest BCUT2D eigenvalue weighted by atomic mass is 10.1. The van der Waals surface area contributed by atoms with Crippen molar-refractivity contribution in [2.75, 3.05) is 15.9 Å². The fourth-order valence-electron chi connectivity index (χ4n) is 2.69. The molecule has 1 N–H and O–H groups in total. The Balaban J connectivity index is 2.32. The molecule has 142 valence electrons. The molecule has 0 unspecified atom stereocenters. The van der Waals surface area contributed by atoms with Crippen molar-refractivity contribution in [2.45, 2.75) is 25.8 Å². The number of hydrogen-bond donors (Lipinski definition) is 1. The summed E-state index contributed by atoms with van der Waals surface area (Å²) in [6.07, 6.45) is 1.34. The van der Waals surface area contributed by atoms with Crippen LogP contribution in [0, 0.1) is 17.1 Å². The number of benzene rings is 2. The van der Waals surface area contributed by atoms with Crippen molar-refractivity contribution in [3.8, 4) is 6.07 Å². The first-order chi connectivity index (χ1) is 12.8. The van der Waals surface area contributed by atoms with Crippen molar-refractivity contribution in [3.63, 3.8) is 0 Å². The third kappa shape index (κ3) is 5.05. The second-order valence-electron chi connectivity index (χ2n) is 5.96. The van der Waals surface area contributed by atoms with Gasteiger partial charge in [-0.3, -0.25) is 9.10 Å². The van der Waals surface area contributed by atoms with E-state index in [4.69, 9.17) is 5.26 Å². The van der Waals surface area contributed by atoms with E-state index in [-0.39, 0.29) is 18.5 Å². The Labute approximate surface area is 158 Å². The number of halogens is 1. The molecule has 27 heavy (non-hydrogen) atoms. The van der Waals surface area contributed by atoms with E-state index < -0.39 is 27.8 Å². The number of nitrogens with zero attached hydrogens (tertiary/aromatic N) is 2. The van der Waals surface area contributed by atoms with Crippen LogP contribution in [0.5, 0.6) is 0 Å². The molecule has 0 aliphatic heterocycles. The van der Waals surface area contributed by atoms with Crippen LogP contribution in [0.25, 0.3) is 0 Å². The topological polar surface area (TPSA) is 90.3 Å². The SMILES string of the molecule is CC[C@H](C(=O)Nc1ccc(CC#N)cc1)N(c1ccccc1F)S(C)(=O)=O. The summed E-state index contributed by atoms with van der Waals surface area (Å²) in [4.78, 5) is 12.7. The highest BCUT2D eigenvalue weighted by atomic mass is 32.2. The summed E-state index contributed by atoms with van der Waals surface area (Å²) in [5.41, 5.74) is 1.08. The molecule has 2 aromatic rings. The fourth-order valence-corrected chi connectivity index (χ4v) is 3.90. The molecule has 2 rings (SSSR count). The van der Waals surface area contributed by atoms with Crippen molar-refractivity contribution in [1.29, 1.82) is 5.26 Å². The molecule has 0 saturated carbocycles. The number of nitrogens with one attached hydrogen (secondary N) is 1. The molecule has 0 radical (unpaired) electrons. The number of anilines is 2. The zero-order valence-corrected chi connectivity index (χ0v) is 15.8. The smallest absolute Gasteiger partial charge is 0.248 e. The largest absolute Gasteiger partial charge is 0.324 e. The van der Waals surface area contributed by atoms with Crippen molar-refractivity contribution in [1.82, 2.24) is 0 Å². The van der Waals surface area contributed by atoms with Gasteiger partial charge >= 0.3 is 0 Å². The minimum atomic E-state index is -3.91. The highest BCUT2D eigenvalue weighted by molar-refractivity contribution is 7.92. The highest BCUT2D eigenvalue weighted by Gasteiger charge is 2.33. The maximum Gasteiger partial charge on any atom is 0.248 e. The maximum absolute atomic E-state index is 14.2. The third-order valence-corrected chi connectivity index (χ3v) is 5.09. The highest BCUT2D eigenvalue weighted by Crippen LogP contribution is 2.26. The van der Waals surface area contributed by atoms with Crippen LogP contribution in [0.2, 0.25) is 0 Å². The van der Waals surface area contributed by atoms with Crippen LogP contribution in [-0.2, 0) is 21.2 Å². The average molecular weight is 389 g/mol. The third-order valence-electron chi connectivity index (χ3n) is 3.92. The number of carbonyl (C=O) groups is 1. The van der Waals surface area contributed by atoms with E-state index in [2.05, 4.69) is 5.32 Å². The zero-order valence-electron chi connectivity index (χ0n) is 15.0. The minimum absolute atomic E-state index is 0.153. The second kappa shape index (κ2) is 8.64. The summed E-state index contributed by atoms with van der Waals surface area (Å²) < 4.78 is 39.6. The van der Waals surface area contributed by atoms with E-state index in [1.165, 1.54) is 18.2 Å². The van der Waals surface area contributed by atoms with Gasteiger partial charge in [0.15, 0.2) is 0 Å². The van der Waals surface area contributed by atoms with Gasteiger partial charge in [0.1, 0.15) is 11.9 Å². The number of sulfonamides is 1. The molecular formula is C19H20FN3O3S. The monoisotopic (exact) mass is 389 g/mol. The van der Waals surface area contributed by atoms with Gasteiger partial charge in [0, 0.05) is 5.69 Å². The standard InChI is InChI=1S/C19H20FN3O3S/c1-3-17(19(24)22-15-10-8-14(9-11-15)12-13-21)23(27(2,25)26)18-7-5-4-6-16(18)20/h4-11,17H,3,12H2,1-2H3,(H,22,24)/t17-/m1/s1. The van der Waals surface area contributed by atoms with Crippen molar-refractivity contribution >= 4 is 27.3 Å². The van der Waals surface area contributed by atoms with Gasteiger partial charge < -0.3 is 5.32 Å². The first-order valence-corrected chi connectivity index (χ1v) is 10.1. The van der Waals surface area contributed by atoms with Gasteiger partial charge in [-0.1, -0.05) is 31.2 Å². The van der Waals surface area contributed by atoms with E-state index in [1.54, 1.807) is 31.2 Å². The van der Waals surface area contributed by atoms with Gasteiger partial charge in [0.25, 0.3) is 0 Å². The molecular weight excluding hydrogens is 369 g/mol. The Morgan fingerprint density at radius 3 is 2.37 bits per heavy atom. The van der Waals surface area contributed by atoms with Crippen LogP contribution in [0.3, 0.4) is 0 Å². The molecule has 0 heterocycles. The Hall–Kier alpha value is -2.92. The van der Waals surface area contributed by atoms with Crippen molar-refractivity contribution < 1.29 is 17.6 Å². The lowest BCUT2D eigenvalue weighted by molar-refractivity contribution is -0.117. The molecule has 0 aliphatic rings. The van der Waals surface area contributed by atoms with Crippen LogP contribution in [0.4, 0.5) is 15.8 Å². The summed E-state index contributed by atoms with van der Waals surface area (Å²) in [6.45, 7) is 1.65. The Morgan fingerprint density at radius 2 is 1.85 bits per heavy atom. The summed E-state index contributed by atoms with van der Waals surface area (Å²) in [5.74, 6) is -1.30. The van der Waals surface area contributed by atoms with E-state index in [0.717, 1.165) is 22.2 Å². The molecule has 2 aromatic carbocycles. The number of hydrogen-bond acceptors (Lipinski definition) is 4. The minimum Gasteiger partial charge on any atom is -0.324 e. The number of amides is 1. The molecule has 0 fully saturated rings.